The van der Waals surface area contributed by atoms with Gasteiger partial charge in [-0.1, -0.05) is 0 Å². The Morgan fingerprint density at radius 3 is 2.89 bits per heavy atom. The Morgan fingerprint density at radius 2 is 2.22 bits per heavy atom. The first kappa shape index (κ1) is 14.7. The third-order valence-electron chi connectivity index (χ3n) is 2.53. The lowest BCUT2D eigenvalue weighted by molar-refractivity contribution is -0.141. The topological polar surface area (TPSA) is 79.9 Å². The van der Waals surface area contributed by atoms with Crippen LogP contribution in [0.5, 0.6) is 0 Å². The molecule has 0 aliphatic carbocycles. The lowest BCUT2D eigenvalue weighted by Crippen LogP contribution is -2.48. The predicted molar refractivity (Wildman–Crippen MR) is 65.3 cm³/mol. The number of morpholine rings is 1. The number of rotatable bonds is 5. The summed E-state index contributed by atoms with van der Waals surface area (Å²) in [7, 11) is 2.01. The average Bonchev–Trinajstić information content (AvgIpc) is 2.34. The number of nitrogens with zero attached hydrogens (tertiary/aromatic N) is 1. The molecular weight excluding hydrogens is 238 g/mol. The van der Waals surface area contributed by atoms with E-state index in [-0.39, 0.29) is 18.7 Å². The fourth-order valence-electron chi connectivity index (χ4n) is 1.62. The van der Waals surface area contributed by atoms with E-state index >= 15 is 0 Å². The van der Waals surface area contributed by atoms with E-state index in [1.807, 2.05) is 7.05 Å². The van der Waals surface area contributed by atoms with Crippen LogP contribution in [-0.4, -0.2) is 69.4 Å². The second kappa shape index (κ2) is 7.88. The highest BCUT2D eigenvalue weighted by molar-refractivity contribution is 5.80. The van der Waals surface area contributed by atoms with Crippen LogP contribution in [0.1, 0.15) is 6.92 Å². The lowest BCUT2D eigenvalue weighted by Gasteiger charge is -2.30. The summed E-state index contributed by atoms with van der Waals surface area (Å²) in [6, 6.07) is -0.389. The van der Waals surface area contributed by atoms with E-state index in [9.17, 15) is 9.59 Å². The molecule has 2 amide bonds. The molecule has 2 N–H and O–H groups in total. The molecule has 0 spiro atoms. The molecule has 0 aromatic heterocycles. The first-order valence-electron chi connectivity index (χ1n) is 6.09. The van der Waals surface area contributed by atoms with Crippen molar-refractivity contribution in [3.63, 3.8) is 0 Å². The van der Waals surface area contributed by atoms with Gasteiger partial charge >= 0.3 is 12.0 Å². The molecule has 1 atom stereocenters. The molecule has 1 aliphatic heterocycles. The van der Waals surface area contributed by atoms with Gasteiger partial charge < -0.3 is 25.0 Å². The van der Waals surface area contributed by atoms with Crippen LogP contribution >= 0.6 is 0 Å². The number of likely N-dealkylation sites (N-methyl/N-ethyl adjacent to an activating group) is 1. The van der Waals surface area contributed by atoms with Gasteiger partial charge in [0.25, 0.3) is 0 Å². The summed E-state index contributed by atoms with van der Waals surface area (Å²) in [6.07, 6.45) is -0.00269. The van der Waals surface area contributed by atoms with Gasteiger partial charge in [0.05, 0.1) is 19.3 Å². The van der Waals surface area contributed by atoms with Crippen LogP contribution in [0.2, 0.25) is 0 Å². The van der Waals surface area contributed by atoms with Crippen LogP contribution < -0.4 is 10.6 Å². The molecule has 1 aliphatic rings. The van der Waals surface area contributed by atoms with Crippen molar-refractivity contribution in [3.05, 3.63) is 0 Å². The zero-order valence-electron chi connectivity index (χ0n) is 10.9. The van der Waals surface area contributed by atoms with E-state index in [1.165, 1.54) is 0 Å². The highest BCUT2D eigenvalue weighted by Gasteiger charge is 2.18. The van der Waals surface area contributed by atoms with Gasteiger partial charge in [0, 0.05) is 19.6 Å². The molecule has 1 unspecified atom stereocenters. The second-order valence-electron chi connectivity index (χ2n) is 4.12. The number of carbonyl (C=O) groups is 2. The van der Waals surface area contributed by atoms with Crippen LogP contribution in [0.15, 0.2) is 0 Å². The van der Waals surface area contributed by atoms with Gasteiger partial charge in [0.1, 0.15) is 6.54 Å². The minimum absolute atomic E-state index is 0.00269. The van der Waals surface area contributed by atoms with Crippen molar-refractivity contribution >= 4 is 12.0 Å². The Balaban J connectivity index is 2.11. The smallest absolute Gasteiger partial charge is 0.325 e. The largest absolute Gasteiger partial charge is 0.465 e. The van der Waals surface area contributed by atoms with Gasteiger partial charge in [-0.25, -0.2) is 4.79 Å². The summed E-state index contributed by atoms with van der Waals surface area (Å²) in [5, 5.41) is 5.09. The van der Waals surface area contributed by atoms with Crippen molar-refractivity contribution in [2.45, 2.75) is 13.0 Å². The fraction of sp³-hybridized carbons (Fsp3) is 0.818. The molecule has 0 aromatic carbocycles. The molecule has 1 fully saturated rings. The quantitative estimate of drug-likeness (QED) is 0.631. The number of ether oxygens (including phenoxy) is 2. The maximum absolute atomic E-state index is 11.4. The normalized spacial score (nSPS) is 20.2. The summed E-state index contributed by atoms with van der Waals surface area (Å²) < 4.78 is 10.2. The fourth-order valence-corrected chi connectivity index (χ4v) is 1.62. The van der Waals surface area contributed by atoms with Gasteiger partial charge in [-0.05, 0) is 14.0 Å². The number of carbonyl (C=O) groups excluding carboxylic acids is 2. The molecule has 1 heterocycles. The zero-order chi connectivity index (χ0) is 13.4. The van der Waals surface area contributed by atoms with Crippen molar-refractivity contribution in [1.29, 1.82) is 0 Å². The minimum atomic E-state index is -0.443. The van der Waals surface area contributed by atoms with Crippen LogP contribution in [0.4, 0.5) is 4.79 Å². The SMILES string of the molecule is CCOC(=O)CNC(=O)NCC1CN(C)CCO1. The first-order valence-corrected chi connectivity index (χ1v) is 6.09. The van der Waals surface area contributed by atoms with Crippen LogP contribution in [-0.2, 0) is 14.3 Å². The highest BCUT2D eigenvalue weighted by Crippen LogP contribution is 2.01. The number of hydrogen-bond acceptors (Lipinski definition) is 5. The summed E-state index contributed by atoms with van der Waals surface area (Å²) in [5.74, 6) is -0.443. The molecule has 0 saturated carbocycles. The Kier molecular flexibility index (Phi) is 6.45. The molecule has 0 bridgehead atoms. The predicted octanol–water partition coefficient (Wildman–Crippen LogP) is -0.821. The molecular formula is C11H21N3O4. The van der Waals surface area contributed by atoms with Crippen molar-refractivity contribution in [3.8, 4) is 0 Å². The van der Waals surface area contributed by atoms with Crippen molar-refractivity contribution < 1.29 is 19.1 Å². The number of esters is 1. The van der Waals surface area contributed by atoms with E-state index in [0.29, 0.717) is 19.8 Å². The summed E-state index contributed by atoms with van der Waals surface area (Å²) in [5.41, 5.74) is 0. The Labute approximate surface area is 107 Å². The maximum Gasteiger partial charge on any atom is 0.325 e. The molecule has 18 heavy (non-hydrogen) atoms. The van der Waals surface area contributed by atoms with Gasteiger partial charge in [-0.2, -0.15) is 0 Å². The Bertz CT molecular complexity index is 285. The summed E-state index contributed by atoms with van der Waals surface area (Å²) in [4.78, 5) is 24.5. The second-order valence-corrected chi connectivity index (χ2v) is 4.12. The molecule has 0 radical (unpaired) electrons. The van der Waals surface area contributed by atoms with Crippen LogP contribution in [0, 0.1) is 0 Å². The van der Waals surface area contributed by atoms with Gasteiger partial charge in [-0.3, -0.25) is 4.79 Å². The first-order chi connectivity index (χ1) is 8.61. The van der Waals surface area contributed by atoms with Gasteiger partial charge in [0.15, 0.2) is 0 Å². The minimum Gasteiger partial charge on any atom is -0.465 e. The van der Waals surface area contributed by atoms with E-state index < -0.39 is 5.97 Å². The number of hydrogen-bond donors (Lipinski definition) is 2. The van der Waals surface area contributed by atoms with E-state index in [0.717, 1.165) is 13.1 Å². The third-order valence-corrected chi connectivity index (χ3v) is 2.53. The third kappa shape index (κ3) is 5.83. The van der Waals surface area contributed by atoms with E-state index in [1.54, 1.807) is 6.92 Å². The van der Waals surface area contributed by atoms with E-state index in [2.05, 4.69) is 20.3 Å². The Hall–Kier alpha value is -1.34. The van der Waals surface area contributed by atoms with Crippen LogP contribution in [0.25, 0.3) is 0 Å². The van der Waals surface area contributed by atoms with Crippen molar-refractivity contribution in [1.82, 2.24) is 15.5 Å². The molecule has 7 heteroatoms. The molecule has 1 saturated heterocycles. The summed E-state index contributed by atoms with van der Waals surface area (Å²) in [6.45, 7) is 4.71. The molecule has 7 nitrogen and oxygen atoms in total. The maximum atomic E-state index is 11.4. The molecule has 1 rings (SSSR count). The Morgan fingerprint density at radius 1 is 1.44 bits per heavy atom. The average molecular weight is 259 g/mol. The monoisotopic (exact) mass is 259 g/mol. The van der Waals surface area contributed by atoms with E-state index in [4.69, 9.17) is 4.74 Å². The zero-order valence-corrected chi connectivity index (χ0v) is 10.9. The molecule has 0 aromatic rings. The standard InChI is InChI=1S/C11H21N3O4/c1-3-17-10(15)7-13-11(16)12-6-9-8-14(2)4-5-18-9/h9H,3-8H2,1-2H3,(H2,12,13,16). The van der Waals surface area contributed by atoms with Crippen LogP contribution in [0.3, 0.4) is 0 Å². The van der Waals surface area contributed by atoms with Crippen molar-refractivity contribution in [2.24, 2.45) is 0 Å². The van der Waals surface area contributed by atoms with Gasteiger partial charge in [0.2, 0.25) is 0 Å². The van der Waals surface area contributed by atoms with Crippen molar-refractivity contribution in [2.75, 3.05) is 46.4 Å². The molecule has 104 valence electrons. The number of amides is 2. The number of urea groups is 1. The summed E-state index contributed by atoms with van der Waals surface area (Å²) >= 11 is 0. The lowest BCUT2D eigenvalue weighted by atomic mass is 10.3. The highest BCUT2D eigenvalue weighted by atomic mass is 16.5. The number of nitrogens with one attached hydrogen (secondary N) is 2. The van der Waals surface area contributed by atoms with Gasteiger partial charge in [-0.15, -0.1) is 0 Å².